The van der Waals surface area contributed by atoms with Gasteiger partial charge >= 0.3 is 5.97 Å². The average molecular weight is 138 g/mol. The SMILES string of the molecule is C=C(C)C(=O)OC1C2CC21. The van der Waals surface area contributed by atoms with Gasteiger partial charge in [-0.25, -0.2) is 4.79 Å². The normalized spacial score (nSPS) is 39.9. The van der Waals surface area contributed by atoms with Crippen LogP contribution in [0.5, 0.6) is 0 Å². The smallest absolute Gasteiger partial charge is 0.333 e. The van der Waals surface area contributed by atoms with E-state index < -0.39 is 0 Å². The molecule has 10 heavy (non-hydrogen) atoms. The zero-order chi connectivity index (χ0) is 7.30. The minimum absolute atomic E-state index is 0.225. The summed E-state index contributed by atoms with van der Waals surface area (Å²) in [6.07, 6.45) is 1.54. The van der Waals surface area contributed by atoms with E-state index in [1.54, 1.807) is 6.92 Å². The van der Waals surface area contributed by atoms with E-state index >= 15 is 0 Å². The van der Waals surface area contributed by atoms with E-state index in [0.29, 0.717) is 5.57 Å². The summed E-state index contributed by atoms with van der Waals surface area (Å²) < 4.78 is 5.05. The predicted molar refractivity (Wildman–Crippen MR) is 36.3 cm³/mol. The van der Waals surface area contributed by atoms with Gasteiger partial charge in [0, 0.05) is 17.4 Å². The number of hydrogen-bond acceptors (Lipinski definition) is 2. The Bertz CT molecular complexity index is 199. The maximum absolute atomic E-state index is 10.8. The number of carbonyl (C=O) groups is 1. The highest BCUT2D eigenvalue weighted by Gasteiger charge is 2.67. The minimum Gasteiger partial charge on any atom is -0.458 e. The Hall–Kier alpha value is -0.790. The molecule has 0 aromatic carbocycles. The van der Waals surface area contributed by atoms with Gasteiger partial charge in [0.25, 0.3) is 0 Å². The van der Waals surface area contributed by atoms with Gasteiger partial charge in [-0.2, -0.15) is 0 Å². The molecule has 2 unspecified atom stereocenters. The van der Waals surface area contributed by atoms with Crippen molar-refractivity contribution >= 4 is 5.97 Å². The molecule has 2 nitrogen and oxygen atoms in total. The molecule has 0 heterocycles. The number of hydrogen-bond donors (Lipinski definition) is 0. The third-order valence-corrected chi connectivity index (χ3v) is 2.19. The third kappa shape index (κ3) is 0.753. The largest absolute Gasteiger partial charge is 0.458 e. The standard InChI is InChI=1S/C8H10O2/c1-4(2)8(9)10-7-5-3-6(5)7/h5-7H,1,3H2,2H3. The second-order valence-electron chi connectivity index (χ2n) is 3.21. The van der Waals surface area contributed by atoms with Crippen LogP contribution in [0.4, 0.5) is 0 Å². The molecule has 0 aromatic rings. The van der Waals surface area contributed by atoms with Gasteiger partial charge in [0.1, 0.15) is 6.10 Å². The predicted octanol–water partition coefficient (Wildman–Crippen LogP) is 1.12. The number of rotatable bonds is 2. The van der Waals surface area contributed by atoms with Gasteiger partial charge in [0.15, 0.2) is 0 Å². The summed E-state index contributed by atoms with van der Waals surface area (Å²) in [6.45, 7) is 5.18. The van der Waals surface area contributed by atoms with E-state index in [-0.39, 0.29) is 12.1 Å². The molecule has 0 saturated heterocycles. The lowest BCUT2D eigenvalue weighted by Gasteiger charge is -2.05. The summed E-state index contributed by atoms with van der Waals surface area (Å²) in [7, 11) is 0. The summed E-state index contributed by atoms with van der Waals surface area (Å²) in [6, 6.07) is 0. The van der Waals surface area contributed by atoms with Gasteiger partial charge in [-0.1, -0.05) is 6.58 Å². The minimum atomic E-state index is -0.225. The molecule has 0 radical (unpaired) electrons. The fourth-order valence-corrected chi connectivity index (χ4v) is 1.12. The lowest BCUT2D eigenvalue weighted by molar-refractivity contribution is -0.141. The maximum Gasteiger partial charge on any atom is 0.333 e. The Balaban J connectivity index is 1.80. The van der Waals surface area contributed by atoms with Crippen LogP contribution in [0.15, 0.2) is 12.2 Å². The highest BCUT2D eigenvalue weighted by Crippen LogP contribution is 2.64. The molecule has 0 N–H and O–H groups in total. The summed E-state index contributed by atoms with van der Waals surface area (Å²) >= 11 is 0. The number of carbonyl (C=O) groups excluding carboxylic acids is 1. The monoisotopic (exact) mass is 138 g/mol. The quantitative estimate of drug-likeness (QED) is 0.422. The van der Waals surface area contributed by atoms with E-state index in [9.17, 15) is 4.79 Å². The van der Waals surface area contributed by atoms with Crippen molar-refractivity contribution in [3.05, 3.63) is 12.2 Å². The van der Waals surface area contributed by atoms with Crippen LogP contribution in [0.3, 0.4) is 0 Å². The van der Waals surface area contributed by atoms with E-state index in [1.165, 1.54) is 6.42 Å². The van der Waals surface area contributed by atoms with Crippen molar-refractivity contribution in [1.82, 2.24) is 0 Å². The Kier molecular flexibility index (Phi) is 0.967. The second-order valence-corrected chi connectivity index (χ2v) is 3.21. The van der Waals surface area contributed by atoms with Crippen LogP contribution in [0.25, 0.3) is 0 Å². The van der Waals surface area contributed by atoms with Crippen LogP contribution in [-0.2, 0) is 9.53 Å². The van der Waals surface area contributed by atoms with Gasteiger partial charge in [-0.05, 0) is 13.3 Å². The molecule has 0 bridgehead atoms. The third-order valence-electron chi connectivity index (χ3n) is 2.19. The van der Waals surface area contributed by atoms with E-state index in [1.807, 2.05) is 0 Å². The lowest BCUT2D eigenvalue weighted by atomic mass is 10.3. The van der Waals surface area contributed by atoms with E-state index in [0.717, 1.165) is 11.8 Å². The average Bonchev–Trinajstić information content (AvgIpc) is 2.67. The molecule has 0 amide bonds. The molecule has 2 saturated carbocycles. The van der Waals surface area contributed by atoms with Gasteiger partial charge < -0.3 is 4.74 Å². The Morgan fingerprint density at radius 2 is 2.20 bits per heavy atom. The van der Waals surface area contributed by atoms with Gasteiger partial charge in [-0.15, -0.1) is 0 Å². The van der Waals surface area contributed by atoms with Crippen LogP contribution in [-0.4, -0.2) is 12.1 Å². The maximum atomic E-state index is 10.8. The lowest BCUT2D eigenvalue weighted by Crippen LogP contribution is -2.11. The van der Waals surface area contributed by atoms with Crippen molar-refractivity contribution in [2.75, 3.05) is 0 Å². The molecule has 2 fully saturated rings. The number of esters is 1. The van der Waals surface area contributed by atoms with Crippen molar-refractivity contribution in [3.8, 4) is 0 Å². The summed E-state index contributed by atoms with van der Waals surface area (Å²) in [5.74, 6) is 1.23. The topological polar surface area (TPSA) is 26.3 Å². The van der Waals surface area contributed by atoms with Crippen LogP contribution < -0.4 is 0 Å². The fraction of sp³-hybridized carbons (Fsp3) is 0.625. The van der Waals surface area contributed by atoms with Crippen LogP contribution in [0.1, 0.15) is 13.3 Å². The van der Waals surface area contributed by atoms with E-state index in [4.69, 9.17) is 4.74 Å². The first kappa shape index (κ1) is 5.96. The molecular formula is C8H10O2. The van der Waals surface area contributed by atoms with E-state index in [2.05, 4.69) is 6.58 Å². The van der Waals surface area contributed by atoms with Crippen LogP contribution in [0, 0.1) is 11.8 Å². The zero-order valence-electron chi connectivity index (χ0n) is 5.96. The molecule has 54 valence electrons. The first-order chi connectivity index (χ1) is 4.70. The number of ether oxygens (including phenoxy) is 1. The van der Waals surface area contributed by atoms with Crippen molar-refractivity contribution in [1.29, 1.82) is 0 Å². The number of fused-ring (bicyclic) bond motifs is 1. The van der Waals surface area contributed by atoms with Crippen LogP contribution in [0.2, 0.25) is 0 Å². The highest BCUT2D eigenvalue weighted by molar-refractivity contribution is 5.87. The van der Waals surface area contributed by atoms with Crippen molar-refractivity contribution in [2.45, 2.75) is 19.4 Å². The van der Waals surface area contributed by atoms with Gasteiger partial charge in [0.2, 0.25) is 0 Å². The summed E-state index contributed by atoms with van der Waals surface area (Å²) in [5.41, 5.74) is 0.506. The Morgan fingerprint density at radius 3 is 2.50 bits per heavy atom. The first-order valence-corrected chi connectivity index (χ1v) is 3.56. The van der Waals surface area contributed by atoms with Gasteiger partial charge in [0.05, 0.1) is 0 Å². The molecule has 0 spiro atoms. The van der Waals surface area contributed by atoms with Crippen LogP contribution >= 0.6 is 0 Å². The molecule has 0 aromatic heterocycles. The van der Waals surface area contributed by atoms with Crippen molar-refractivity contribution in [2.24, 2.45) is 11.8 Å². The molecule has 2 rings (SSSR count). The molecule has 0 aliphatic heterocycles. The summed E-state index contributed by atoms with van der Waals surface area (Å²) in [4.78, 5) is 10.8. The molecule has 2 aliphatic carbocycles. The Labute approximate surface area is 59.9 Å². The zero-order valence-corrected chi connectivity index (χ0v) is 5.96. The highest BCUT2D eigenvalue weighted by atomic mass is 16.6. The Morgan fingerprint density at radius 1 is 1.60 bits per heavy atom. The van der Waals surface area contributed by atoms with Crippen molar-refractivity contribution < 1.29 is 9.53 Å². The fourth-order valence-electron chi connectivity index (χ4n) is 1.12. The second kappa shape index (κ2) is 1.62. The summed E-state index contributed by atoms with van der Waals surface area (Å²) in [5, 5.41) is 0. The molecule has 2 heteroatoms. The molecular weight excluding hydrogens is 128 g/mol. The van der Waals surface area contributed by atoms with Gasteiger partial charge in [-0.3, -0.25) is 0 Å². The molecule has 2 atom stereocenters. The molecule has 2 aliphatic rings. The van der Waals surface area contributed by atoms with Crippen molar-refractivity contribution in [3.63, 3.8) is 0 Å². The first-order valence-electron chi connectivity index (χ1n) is 3.56.